The molecule has 1 aliphatic heterocycles. The van der Waals surface area contributed by atoms with Crippen LogP contribution in [0, 0.1) is 0 Å². The number of aromatic nitrogens is 5. The van der Waals surface area contributed by atoms with Crippen molar-refractivity contribution in [2.75, 3.05) is 19.6 Å². The van der Waals surface area contributed by atoms with Gasteiger partial charge in [0.1, 0.15) is 5.82 Å². The van der Waals surface area contributed by atoms with Crippen molar-refractivity contribution >= 4 is 49.6 Å². The Morgan fingerprint density at radius 1 is 0.976 bits per heavy atom. The standard InChI is InChI=1S/C31H31BrN6O3/c32-23-6-3-7-25-28(23)29(39)35-31-37(22-4-1-2-5-22)26-16-20(8-9-24(26)38(25)31)19-10-13-36(14-11-19)15-12-27-33-17-21(18-34-27)30(40)41/h3,6-9,16-19,22H,1-2,4-5,10-15H2,(H,40,41). The Morgan fingerprint density at radius 2 is 1.73 bits per heavy atom. The van der Waals surface area contributed by atoms with E-state index in [9.17, 15) is 9.59 Å². The minimum absolute atomic E-state index is 0.113. The second-order valence-electron chi connectivity index (χ2n) is 11.3. The van der Waals surface area contributed by atoms with E-state index in [1.807, 2.05) is 18.2 Å². The number of fused-ring (bicyclic) bond motifs is 5. The highest BCUT2D eigenvalue weighted by Crippen LogP contribution is 2.38. The Bertz CT molecular complexity index is 1830. The number of benzene rings is 2. The van der Waals surface area contributed by atoms with Crippen LogP contribution < -0.4 is 5.56 Å². The summed E-state index contributed by atoms with van der Waals surface area (Å²) < 4.78 is 5.29. The van der Waals surface area contributed by atoms with Gasteiger partial charge in [0.15, 0.2) is 0 Å². The van der Waals surface area contributed by atoms with Crippen molar-refractivity contribution in [1.29, 1.82) is 0 Å². The van der Waals surface area contributed by atoms with Crippen LogP contribution >= 0.6 is 15.9 Å². The molecule has 2 aromatic carbocycles. The molecule has 4 heterocycles. The lowest BCUT2D eigenvalue weighted by molar-refractivity contribution is 0.0696. The molecule has 7 rings (SSSR count). The second-order valence-corrected chi connectivity index (χ2v) is 12.2. The molecule has 5 aromatic rings. The van der Waals surface area contributed by atoms with E-state index in [-0.39, 0.29) is 11.1 Å². The van der Waals surface area contributed by atoms with Gasteiger partial charge in [0.2, 0.25) is 5.78 Å². The van der Waals surface area contributed by atoms with E-state index in [0.29, 0.717) is 29.6 Å². The van der Waals surface area contributed by atoms with Crippen molar-refractivity contribution in [2.24, 2.45) is 0 Å². The molecule has 0 amide bonds. The average Bonchev–Trinajstić information content (AvgIpc) is 3.62. The third kappa shape index (κ3) is 4.72. The molecule has 3 aromatic heterocycles. The molecular formula is C31H31BrN6O3. The fourth-order valence-electron chi connectivity index (χ4n) is 6.76. The fourth-order valence-corrected chi connectivity index (χ4v) is 7.29. The quantitative estimate of drug-likeness (QED) is 0.266. The molecule has 9 nitrogen and oxygen atoms in total. The van der Waals surface area contributed by atoms with E-state index in [1.165, 1.54) is 30.8 Å². The minimum Gasteiger partial charge on any atom is -0.478 e. The maximum atomic E-state index is 13.2. The zero-order valence-corrected chi connectivity index (χ0v) is 24.3. The van der Waals surface area contributed by atoms with Crippen LogP contribution in [0.25, 0.3) is 27.7 Å². The first kappa shape index (κ1) is 26.3. The Labute approximate surface area is 245 Å². The minimum atomic E-state index is -1.01. The number of aromatic carboxylic acids is 1. The number of piperidine rings is 1. The first-order valence-corrected chi connectivity index (χ1v) is 15.2. The largest absolute Gasteiger partial charge is 0.478 e. The lowest BCUT2D eigenvalue weighted by Crippen LogP contribution is -2.34. The van der Waals surface area contributed by atoms with E-state index in [1.54, 1.807) is 0 Å². The predicted octanol–water partition coefficient (Wildman–Crippen LogP) is 5.59. The number of carbonyl (C=O) groups is 1. The first-order valence-electron chi connectivity index (χ1n) is 14.4. The third-order valence-corrected chi connectivity index (χ3v) is 9.58. The molecule has 0 unspecified atom stereocenters. The molecule has 1 N–H and O–H groups in total. The lowest BCUT2D eigenvalue weighted by Gasteiger charge is -2.32. The molecule has 10 heteroatoms. The summed E-state index contributed by atoms with van der Waals surface area (Å²) in [5, 5.41) is 9.67. The predicted molar refractivity (Wildman–Crippen MR) is 161 cm³/mol. The van der Waals surface area contributed by atoms with Crippen molar-refractivity contribution in [3.8, 4) is 0 Å². The summed E-state index contributed by atoms with van der Waals surface area (Å²) >= 11 is 3.58. The molecule has 41 heavy (non-hydrogen) atoms. The van der Waals surface area contributed by atoms with Crippen molar-refractivity contribution in [3.63, 3.8) is 0 Å². The van der Waals surface area contributed by atoms with Gasteiger partial charge in [-0.3, -0.25) is 9.20 Å². The number of nitrogens with zero attached hydrogens (tertiary/aromatic N) is 6. The molecule has 2 fully saturated rings. The van der Waals surface area contributed by atoms with Gasteiger partial charge in [-0.2, -0.15) is 4.98 Å². The van der Waals surface area contributed by atoms with Gasteiger partial charge in [0, 0.05) is 35.9 Å². The fraction of sp³-hybridized carbons (Fsp3) is 0.387. The highest BCUT2D eigenvalue weighted by atomic mass is 79.9. The van der Waals surface area contributed by atoms with Crippen LogP contribution in [0.4, 0.5) is 0 Å². The average molecular weight is 616 g/mol. The van der Waals surface area contributed by atoms with Crippen LogP contribution in [0.15, 0.2) is 58.1 Å². The van der Waals surface area contributed by atoms with Crippen LogP contribution in [0.5, 0.6) is 0 Å². The summed E-state index contributed by atoms with van der Waals surface area (Å²) in [5.74, 6) is 0.879. The summed E-state index contributed by atoms with van der Waals surface area (Å²) in [6, 6.07) is 13.1. The van der Waals surface area contributed by atoms with E-state index in [0.717, 1.165) is 72.1 Å². The highest BCUT2D eigenvalue weighted by molar-refractivity contribution is 9.10. The van der Waals surface area contributed by atoms with E-state index >= 15 is 0 Å². The third-order valence-electron chi connectivity index (χ3n) is 8.92. The van der Waals surface area contributed by atoms with E-state index in [4.69, 9.17) is 5.11 Å². The monoisotopic (exact) mass is 614 g/mol. The number of likely N-dealkylation sites (tertiary alicyclic amines) is 1. The Balaban J connectivity index is 1.17. The normalized spacial score (nSPS) is 17.3. The maximum Gasteiger partial charge on any atom is 0.338 e. The van der Waals surface area contributed by atoms with Gasteiger partial charge in [-0.1, -0.05) is 25.0 Å². The Morgan fingerprint density at radius 3 is 2.46 bits per heavy atom. The molecule has 210 valence electrons. The first-order chi connectivity index (χ1) is 20.0. The summed E-state index contributed by atoms with van der Waals surface area (Å²) in [7, 11) is 0. The zero-order valence-electron chi connectivity index (χ0n) is 22.7. The van der Waals surface area contributed by atoms with Crippen LogP contribution in [0.2, 0.25) is 0 Å². The number of imidazole rings is 1. The van der Waals surface area contributed by atoms with Gasteiger partial charge in [-0.15, -0.1) is 0 Å². The number of hydrogen-bond donors (Lipinski definition) is 1. The van der Waals surface area contributed by atoms with Crippen LogP contribution in [-0.4, -0.2) is 59.5 Å². The van der Waals surface area contributed by atoms with Gasteiger partial charge < -0.3 is 14.6 Å². The van der Waals surface area contributed by atoms with Gasteiger partial charge in [0.05, 0.1) is 27.5 Å². The number of carboxylic acids is 1. The molecule has 0 bridgehead atoms. The Hall–Kier alpha value is -3.63. The molecule has 0 spiro atoms. The van der Waals surface area contributed by atoms with E-state index < -0.39 is 5.97 Å². The van der Waals surface area contributed by atoms with E-state index in [2.05, 4.69) is 62.9 Å². The number of rotatable bonds is 6. The molecule has 0 atom stereocenters. The zero-order chi connectivity index (χ0) is 28.1. The summed E-state index contributed by atoms with van der Waals surface area (Å²) in [6.07, 6.45) is 10.2. The van der Waals surface area contributed by atoms with Crippen LogP contribution in [0.1, 0.15) is 72.2 Å². The van der Waals surface area contributed by atoms with Crippen molar-refractivity contribution in [1.82, 2.24) is 28.8 Å². The molecule has 1 aliphatic carbocycles. The number of halogens is 1. The summed E-state index contributed by atoms with van der Waals surface area (Å²) in [6.45, 7) is 2.85. The van der Waals surface area contributed by atoms with Crippen molar-refractivity contribution in [2.45, 2.75) is 56.9 Å². The van der Waals surface area contributed by atoms with Gasteiger partial charge in [-0.25, -0.2) is 14.8 Å². The van der Waals surface area contributed by atoms with Crippen molar-refractivity contribution < 1.29 is 9.90 Å². The second kappa shape index (κ2) is 10.6. The number of carboxylic acid groups (broad SMARTS) is 1. The topological polar surface area (TPSA) is 106 Å². The van der Waals surface area contributed by atoms with Crippen molar-refractivity contribution in [3.05, 3.63) is 80.6 Å². The molecular weight excluding hydrogens is 584 g/mol. The maximum absolute atomic E-state index is 13.2. The molecule has 1 saturated carbocycles. The Kier molecular flexibility index (Phi) is 6.83. The highest BCUT2D eigenvalue weighted by Gasteiger charge is 2.26. The van der Waals surface area contributed by atoms with Gasteiger partial charge in [0.25, 0.3) is 5.56 Å². The lowest BCUT2D eigenvalue weighted by atomic mass is 9.89. The summed E-state index contributed by atoms with van der Waals surface area (Å²) in [5.41, 5.74) is 4.42. The smallest absolute Gasteiger partial charge is 0.338 e. The molecule has 2 aliphatic rings. The van der Waals surface area contributed by atoms with Crippen LogP contribution in [-0.2, 0) is 6.42 Å². The summed E-state index contributed by atoms with van der Waals surface area (Å²) in [4.78, 5) is 39.7. The SMILES string of the molecule is O=C(O)c1cnc(CCN2CCC(c3ccc4c(c3)n(C3CCCC3)c3nc(=O)c5c(Br)cccc5n43)CC2)nc1. The van der Waals surface area contributed by atoms with Crippen LogP contribution in [0.3, 0.4) is 0 Å². The molecule has 0 radical (unpaired) electrons. The van der Waals surface area contributed by atoms with Gasteiger partial charge >= 0.3 is 5.97 Å². The van der Waals surface area contributed by atoms with Gasteiger partial charge in [-0.05, 0) is 90.4 Å². The number of hydrogen-bond acceptors (Lipinski definition) is 6. The molecule has 1 saturated heterocycles.